The highest BCUT2D eigenvalue weighted by molar-refractivity contribution is 5.20. The lowest BCUT2D eigenvalue weighted by Gasteiger charge is -2.15. The SMILES string of the molecule is Fc1ccc(C2CNCCCO2)cc1F. The van der Waals surface area contributed by atoms with Crippen molar-refractivity contribution in [2.75, 3.05) is 19.7 Å². The maximum atomic E-state index is 13.0. The molecule has 1 fully saturated rings. The number of halogens is 2. The molecule has 2 rings (SSSR count). The summed E-state index contributed by atoms with van der Waals surface area (Å²) in [5.41, 5.74) is 0.684. The van der Waals surface area contributed by atoms with Gasteiger partial charge >= 0.3 is 0 Å². The molecule has 0 aromatic heterocycles. The van der Waals surface area contributed by atoms with E-state index >= 15 is 0 Å². The van der Waals surface area contributed by atoms with Gasteiger partial charge in [-0.15, -0.1) is 0 Å². The van der Waals surface area contributed by atoms with Gasteiger partial charge in [-0.25, -0.2) is 8.78 Å². The molecule has 4 heteroatoms. The Morgan fingerprint density at radius 3 is 2.93 bits per heavy atom. The molecule has 0 spiro atoms. The largest absolute Gasteiger partial charge is 0.372 e. The Morgan fingerprint density at radius 2 is 2.13 bits per heavy atom. The van der Waals surface area contributed by atoms with Crippen molar-refractivity contribution in [2.24, 2.45) is 0 Å². The predicted octanol–water partition coefficient (Wildman–Crippen LogP) is 2.02. The summed E-state index contributed by atoms with van der Waals surface area (Å²) < 4.78 is 31.2. The predicted molar refractivity (Wildman–Crippen MR) is 52.5 cm³/mol. The average Bonchev–Trinajstić information content (AvgIpc) is 2.50. The fourth-order valence-corrected chi connectivity index (χ4v) is 1.64. The Morgan fingerprint density at radius 1 is 1.27 bits per heavy atom. The summed E-state index contributed by atoms with van der Waals surface area (Å²) >= 11 is 0. The maximum absolute atomic E-state index is 13.0. The van der Waals surface area contributed by atoms with Crippen LogP contribution in [0.15, 0.2) is 18.2 Å². The lowest BCUT2D eigenvalue weighted by atomic mass is 10.1. The molecule has 15 heavy (non-hydrogen) atoms. The summed E-state index contributed by atoms with van der Waals surface area (Å²) in [6.07, 6.45) is 0.766. The Kier molecular flexibility index (Phi) is 3.28. The van der Waals surface area contributed by atoms with E-state index in [1.54, 1.807) is 6.07 Å². The van der Waals surface area contributed by atoms with Crippen molar-refractivity contribution in [1.82, 2.24) is 5.32 Å². The Labute approximate surface area is 87.2 Å². The smallest absolute Gasteiger partial charge is 0.159 e. The van der Waals surface area contributed by atoms with Crippen LogP contribution in [0.25, 0.3) is 0 Å². The Balaban J connectivity index is 2.16. The first-order valence-electron chi connectivity index (χ1n) is 5.04. The molecule has 1 atom stereocenters. The van der Waals surface area contributed by atoms with Crippen LogP contribution in [0.3, 0.4) is 0 Å². The normalized spacial score (nSPS) is 22.4. The standard InChI is InChI=1S/C11H13F2NO/c12-9-3-2-8(6-10(9)13)11-7-14-4-1-5-15-11/h2-3,6,11,14H,1,4-5,7H2. The van der Waals surface area contributed by atoms with Crippen LogP contribution in [0.4, 0.5) is 8.78 Å². The molecule has 1 aliphatic heterocycles. The summed E-state index contributed by atoms with van der Waals surface area (Å²) in [6.45, 7) is 2.20. The molecule has 1 aromatic carbocycles. The highest BCUT2D eigenvalue weighted by atomic mass is 19.2. The third kappa shape index (κ3) is 2.52. The Bertz CT molecular complexity index is 335. The molecule has 1 saturated heterocycles. The van der Waals surface area contributed by atoms with Gasteiger partial charge in [0.25, 0.3) is 0 Å². The van der Waals surface area contributed by atoms with Crippen LogP contribution >= 0.6 is 0 Å². The quantitative estimate of drug-likeness (QED) is 0.770. The van der Waals surface area contributed by atoms with Crippen LogP contribution in [0.5, 0.6) is 0 Å². The van der Waals surface area contributed by atoms with Gasteiger partial charge < -0.3 is 10.1 Å². The van der Waals surface area contributed by atoms with Crippen molar-refractivity contribution in [3.8, 4) is 0 Å². The van der Waals surface area contributed by atoms with Crippen LogP contribution in [0, 0.1) is 11.6 Å². The average molecular weight is 213 g/mol. The molecular formula is C11H13F2NO. The number of hydrogen-bond donors (Lipinski definition) is 1. The number of hydrogen-bond acceptors (Lipinski definition) is 2. The van der Waals surface area contributed by atoms with E-state index in [-0.39, 0.29) is 6.10 Å². The van der Waals surface area contributed by atoms with Crippen molar-refractivity contribution in [3.63, 3.8) is 0 Å². The summed E-state index contributed by atoms with van der Waals surface area (Å²) in [5.74, 6) is -1.64. The van der Waals surface area contributed by atoms with Crippen LogP contribution < -0.4 is 5.32 Å². The van der Waals surface area contributed by atoms with Gasteiger partial charge in [0.1, 0.15) is 0 Å². The first-order valence-corrected chi connectivity index (χ1v) is 5.04. The fourth-order valence-electron chi connectivity index (χ4n) is 1.64. The van der Waals surface area contributed by atoms with Crippen molar-refractivity contribution in [1.29, 1.82) is 0 Å². The number of ether oxygens (including phenoxy) is 1. The first kappa shape index (κ1) is 10.5. The van der Waals surface area contributed by atoms with E-state index in [1.807, 2.05) is 0 Å². The topological polar surface area (TPSA) is 21.3 Å². The van der Waals surface area contributed by atoms with Crippen molar-refractivity contribution in [3.05, 3.63) is 35.4 Å². The van der Waals surface area contributed by atoms with E-state index in [0.29, 0.717) is 18.7 Å². The molecule has 0 amide bonds. The molecule has 0 saturated carbocycles. The van der Waals surface area contributed by atoms with Crippen molar-refractivity contribution in [2.45, 2.75) is 12.5 Å². The second kappa shape index (κ2) is 4.68. The highest BCUT2D eigenvalue weighted by Crippen LogP contribution is 2.20. The maximum Gasteiger partial charge on any atom is 0.159 e. The molecule has 1 heterocycles. The summed E-state index contributed by atoms with van der Waals surface area (Å²) in [7, 11) is 0. The molecule has 2 nitrogen and oxygen atoms in total. The van der Waals surface area contributed by atoms with E-state index < -0.39 is 11.6 Å². The lowest BCUT2D eigenvalue weighted by Crippen LogP contribution is -2.20. The molecular weight excluding hydrogens is 200 g/mol. The van der Waals surface area contributed by atoms with E-state index in [4.69, 9.17) is 4.74 Å². The van der Waals surface area contributed by atoms with Gasteiger partial charge in [-0.3, -0.25) is 0 Å². The van der Waals surface area contributed by atoms with Gasteiger partial charge in [0.05, 0.1) is 6.10 Å². The van der Waals surface area contributed by atoms with Crippen LogP contribution in [-0.2, 0) is 4.74 Å². The molecule has 1 aromatic rings. The minimum absolute atomic E-state index is 0.178. The molecule has 0 aliphatic carbocycles. The third-order valence-corrected chi connectivity index (χ3v) is 2.46. The molecule has 82 valence electrons. The number of benzene rings is 1. The van der Waals surface area contributed by atoms with Crippen molar-refractivity contribution >= 4 is 0 Å². The van der Waals surface area contributed by atoms with Crippen LogP contribution in [0.2, 0.25) is 0 Å². The second-order valence-corrected chi connectivity index (χ2v) is 3.59. The fraction of sp³-hybridized carbons (Fsp3) is 0.455. The second-order valence-electron chi connectivity index (χ2n) is 3.59. The van der Waals surface area contributed by atoms with Gasteiger partial charge in [0.2, 0.25) is 0 Å². The zero-order valence-corrected chi connectivity index (χ0v) is 8.30. The van der Waals surface area contributed by atoms with Gasteiger partial charge in [-0.2, -0.15) is 0 Å². The van der Waals surface area contributed by atoms with E-state index in [0.717, 1.165) is 19.0 Å². The lowest BCUT2D eigenvalue weighted by molar-refractivity contribution is 0.0666. The van der Waals surface area contributed by atoms with E-state index in [2.05, 4.69) is 5.32 Å². The van der Waals surface area contributed by atoms with E-state index in [1.165, 1.54) is 6.07 Å². The van der Waals surface area contributed by atoms with E-state index in [9.17, 15) is 8.78 Å². The highest BCUT2D eigenvalue weighted by Gasteiger charge is 2.15. The number of nitrogens with one attached hydrogen (secondary N) is 1. The number of rotatable bonds is 1. The van der Waals surface area contributed by atoms with Crippen LogP contribution in [-0.4, -0.2) is 19.7 Å². The zero-order chi connectivity index (χ0) is 10.7. The summed E-state index contributed by atoms with van der Waals surface area (Å²) in [4.78, 5) is 0. The van der Waals surface area contributed by atoms with Gasteiger partial charge in [-0.1, -0.05) is 6.07 Å². The monoisotopic (exact) mass is 213 g/mol. The third-order valence-electron chi connectivity index (χ3n) is 2.46. The molecule has 0 bridgehead atoms. The minimum atomic E-state index is -0.819. The summed E-state index contributed by atoms with van der Waals surface area (Å²) in [5, 5.41) is 3.19. The van der Waals surface area contributed by atoms with Crippen molar-refractivity contribution < 1.29 is 13.5 Å². The van der Waals surface area contributed by atoms with Gasteiger partial charge in [-0.05, 0) is 30.7 Å². The van der Waals surface area contributed by atoms with Crippen LogP contribution in [0.1, 0.15) is 18.1 Å². The zero-order valence-electron chi connectivity index (χ0n) is 8.30. The van der Waals surface area contributed by atoms with Gasteiger partial charge in [0.15, 0.2) is 11.6 Å². The minimum Gasteiger partial charge on any atom is -0.372 e. The van der Waals surface area contributed by atoms with Gasteiger partial charge in [0, 0.05) is 13.2 Å². The molecule has 1 N–H and O–H groups in total. The summed E-state index contributed by atoms with van der Waals surface area (Å²) in [6, 6.07) is 3.90. The Hall–Kier alpha value is -1.00. The molecule has 1 unspecified atom stereocenters. The first-order chi connectivity index (χ1) is 7.27. The molecule has 0 radical (unpaired) electrons. The molecule has 1 aliphatic rings.